The van der Waals surface area contributed by atoms with Crippen molar-refractivity contribution in [2.24, 2.45) is 0 Å². The summed E-state index contributed by atoms with van der Waals surface area (Å²) < 4.78 is 40.4. The van der Waals surface area contributed by atoms with Crippen molar-refractivity contribution < 1.29 is 22.8 Å². The van der Waals surface area contributed by atoms with Gasteiger partial charge in [-0.3, -0.25) is 14.5 Å². The van der Waals surface area contributed by atoms with Crippen molar-refractivity contribution in [1.82, 2.24) is 5.32 Å². The van der Waals surface area contributed by atoms with Crippen LogP contribution in [0.5, 0.6) is 0 Å². The molecular weight excluding hydrogens is 425 g/mol. The summed E-state index contributed by atoms with van der Waals surface area (Å²) in [5, 5.41) is 4.69. The molecule has 1 aromatic heterocycles. The normalized spacial score (nSPS) is 15.9. The number of nitrogens with one attached hydrogen (secondary N) is 1. The fourth-order valence-electron chi connectivity index (χ4n) is 3.42. The first kappa shape index (κ1) is 21.6. The zero-order valence-electron chi connectivity index (χ0n) is 15.6. The van der Waals surface area contributed by atoms with Gasteiger partial charge in [0.05, 0.1) is 0 Å². The number of aryl methyl sites for hydroxylation is 1. The van der Waals surface area contributed by atoms with Crippen molar-refractivity contribution in [1.29, 1.82) is 0 Å². The second kappa shape index (κ2) is 8.75. The van der Waals surface area contributed by atoms with Crippen LogP contribution in [0.2, 0.25) is 5.02 Å². The molecule has 2 amide bonds. The molecule has 0 spiro atoms. The van der Waals surface area contributed by atoms with Crippen molar-refractivity contribution in [2.45, 2.75) is 50.9 Å². The van der Waals surface area contributed by atoms with Gasteiger partial charge in [0.15, 0.2) is 6.04 Å². The van der Waals surface area contributed by atoms with E-state index < -0.39 is 24.0 Å². The molecule has 1 aliphatic carbocycles. The number of carbonyl (C=O) groups is 2. The summed E-state index contributed by atoms with van der Waals surface area (Å²) in [6.07, 6.45) is -1.71. The minimum atomic E-state index is -5.15. The van der Waals surface area contributed by atoms with Crippen LogP contribution >= 0.6 is 22.9 Å². The third-order valence-electron chi connectivity index (χ3n) is 4.92. The van der Waals surface area contributed by atoms with Crippen molar-refractivity contribution >= 4 is 40.4 Å². The summed E-state index contributed by atoms with van der Waals surface area (Å²) >= 11 is 7.23. The van der Waals surface area contributed by atoms with Gasteiger partial charge >= 0.3 is 12.1 Å². The number of rotatable bonds is 5. The number of anilines is 1. The predicted molar refractivity (Wildman–Crippen MR) is 107 cm³/mol. The van der Waals surface area contributed by atoms with Crippen LogP contribution in [0.1, 0.15) is 42.2 Å². The molecule has 156 valence electrons. The molecular formula is C20H20ClF3N2O2S. The summed E-state index contributed by atoms with van der Waals surface area (Å²) in [4.78, 5) is 26.4. The molecule has 4 nitrogen and oxygen atoms in total. The summed E-state index contributed by atoms with van der Waals surface area (Å²) in [6.45, 7) is 1.70. The van der Waals surface area contributed by atoms with Crippen LogP contribution in [0.15, 0.2) is 35.7 Å². The van der Waals surface area contributed by atoms with Crippen LogP contribution in [0.25, 0.3) is 0 Å². The smallest absolute Gasteiger partial charge is 0.351 e. The minimum Gasteiger partial charge on any atom is -0.351 e. The van der Waals surface area contributed by atoms with Gasteiger partial charge in [0.25, 0.3) is 0 Å². The average molecular weight is 445 g/mol. The molecule has 29 heavy (non-hydrogen) atoms. The van der Waals surface area contributed by atoms with Gasteiger partial charge in [0.1, 0.15) is 0 Å². The maximum Gasteiger partial charge on any atom is 0.471 e. The monoisotopic (exact) mass is 444 g/mol. The van der Waals surface area contributed by atoms with Gasteiger partial charge in [0, 0.05) is 21.6 Å². The number of benzene rings is 1. The fourth-order valence-corrected chi connectivity index (χ4v) is 4.41. The Kier molecular flexibility index (Phi) is 6.53. The molecule has 0 saturated heterocycles. The van der Waals surface area contributed by atoms with E-state index in [-0.39, 0.29) is 16.8 Å². The lowest BCUT2D eigenvalue weighted by Gasteiger charge is -2.32. The third kappa shape index (κ3) is 4.93. The van der Waals surface area contributed by atoms with Gasteiger partial charge in [0.2, 0.25) is 5.91 Å². The second-order valence-corrected chi connectivity index (χ2v) is 8.40. The maximum absolute atomic E-state index is 13.5. The van der Waals surface area contributed by atoms with Gasteiger partial charge < -0.3 is 5.32 Å². The van der Waals surface area contributed by atoms with E-state index in [0.29, 0.717) is 15.3 Å². The topological polar surface area (TPSA) is 49.4 Å². The van der Waals surface area contributed by atoms with Crippen LogP contribution in [-0.4, -0.2) is 24.0 Å². The van der Waals surface area contributed by atoms with Crippen LogP contribution < -0.4 is 10.2 Å². The summed E-state index contributed by atoms with van der Waals surface area (Å²) in [7, 11) is 0. The van der Waals surface area contributed by atoms with Crippen molar-refractivity contribution in [3.05, 3.63) is 51.2 Å². The molecule has 1 atom stereocenters. The molecule has 1 N–H and O–H groups in total. The largest absolute Gasteiger partial charge is 0.471 e. The Bertz CT molecular complexity index is 880. The third-order valence-corrected chi connectivity index (χ3v) is 6.25. The molecule has 2 aromatic rings. The Morgan fingerprint density at radius 2 is 1.93 bits per heavy atom. The van der Waals surface area contributed by atoms with E-state index in [0.717, 1.165) is 37.0 Å². The lowest BCUT2D eigenvalue weighted by atomic mass is 10.1. The summed E-state index contributed by atoms with van der Waals surface area (Å²) in [5.41, 5.74) is 0.570. The number of hydrogen-bond acceptors (Lipinski definition) is 3. The number of amides is 2. The highest BCUT2D eigenvalue weighted by molar-refractivity contribution is 7.10. The second-order valence-electron chi connectivity index (χ2n) is 7.01. The molecule has 1 aromatic carbocycles. The Morgan fingerprint density at radius 3 is 2.48 bits per heavy atom. The first-order chi connectivity index (χ1) is 13.7. The molecule has 1 heterocycles. The van der Waals surface area contributed by atoms with Gasteiger partial charge in [-0.2, -0.15) is 13.2 Å². The number of alkyl halides is 3. The molecule has 3 rings (SSSR count). The molecule has 1 fully saturated rings. The van der Waals surface area contributed by atoms with Gasteiger partial charge in [-0.1, -0.05) is 36.6 Å². The number of hydrogen-bond donors (Lipinski definition) is 1. The lowest BCUT2D eigenvalue weighted by Crippen LogP contribution is -2.50. The van der Waals surface area contributed by atoms with Crippen LogP contribution in [0.4, 0.5) is 18.9 Å². The minimum absolute atomic E-state index is 0.0807. The fraction of sp³-hybridized carbons (Fsp3) is 0.400. The lowest BCUT2D eigenvalue weighted by molar-refractivity contribution is -0.171. The Morgan fingerprint density at radius 1 is 1.24 bits per heavy atom. The highest BCUT2D eigenvalue weighted by atomic mass is 35.5. The first-order valence-electron chi connectivity index (χ1n) is 9.19. The van der Waals surface area contributed by atoms with E-state index in [1.54, 1.807) is 24.4 Å². The van der Waals surface area contributed by atoms with Crippen LogP contribution in [-0.2, 0) is 9.59 Å². The summed E-state index contributed by atoms with van der Waals surface area (Å²) in [5.74, 6) is -2.74. The number of nitrogens with zero attached hydrogens (tertiary/aromatic N) is 1. The van der Waals surface area contributed by atoms with Gasteiger partial charge in [-0.25, -0.2) is 0 Å². The number of carbonyl (C=O) groups excluding carboxylic acids is 2. The molecule has 0 radical (unpaired) electrons. The van der Waals surface area contributed by atoms with Crippen molar-refractivity contribution in [3.63, 3.8) is 0 Å². The molecule has 1 saturated carbocycles. The van der Waals surface area contributed by atoms with Crippen molar-refractivity contribution in [3.8, 4) is 0 Å². The van der Waals surface area contributed by atoms with Gasteiger partial charge in [-0.15, -0.1) is 11.3 Å². The first-order valence-corrected chi connectivity index (χ1v) is 10.4. The van der Waals surface area contributed by atoms with Crippen LogP contribution in [0, 0.1) is 6.92 Å². The van der Waals surface area contributed by atoms with E-state index in [4.69, 9.17) is 11.6 Å². The Labute approximate surface area is 175 Å². The van der Waals surface area contributed by atoms with E-state index in [1.807, 2.05) is 0 Å². The highest BCUT2D eigenvalue weighted by Crippen LogP contribution is 2.36. The van der Waals surface area contributed by atoms with E-state index in [9.17, 15) is 22.8 Å². The predicted octanol–water partition coefficient (Wildman–Crippen LogP) is 5.41. The van der Waals surface area contributed by atoms with Crippen molar-refractivity contribution in [2.75, 3.05) is 4.90 Å². The zero-order chi connectivity index (χ0) is 21.2. The molecule has 9 heteroatoms. The zero-order valence-corrected chi connectivity index (χ0v) is 17.2. The highest BCUT2D eigenvalue weighted by Gasteiger charge is 2.48. The average Bonchev–Trinajstić information content (AvgIpc) is 3.34. The quantitative estimate of drug-likeness (QED) is 0.670. The SMILES string of the molecule is Cc1ccc(N(C(=O)C(F)(F)F)[C@@H](C(=O)NC2CCCC2)c2cccs2)cc1Cl. The molecule has 0 unspecified atom stereocenters. The molecule has 0 bridgehead atoms. The molecule has 1 aliphatic rings. The molecule has 0 aliphatic heterocycles. The van der Waals surface area contributed by atoms with E-state index >= 15 is 0 Å². The van der Waals surface area contributed by atoms with Crippen LogP contribution in [0.3, 0.4) is 0 Å². The number of halogens is 4. The van der Waals surface area contributed by atoms with E-state index in [1.165, 1.54) is 18.2 Å². The van der Waals surface area contributed by atoms with Gasteiger partial charge in [-0.05, 0) is 48.9 Å². The Balaban J connectivity index is 2.07. The number of thiophene rings is 1. The maximum atomic E-state index is 13.5. The standard InChI is InChI=1S/C20H20ClF3N2O2S/c1-12-8-9-14(11-15(12)21)26(19(28)20(22,23)24)17(16-7-4-10-29-16)18(27)25-13-5-2-3-6-13/h4,7-11,13,17H,2-3,5-6H2,1H3,(H,25,27)/t17-/m1/s1. The Hall–Kier alpha value is -2.06. The van der Waals surface area contributed by atoms with E-state index in [2.05, 4.69) is 5.32 Å². The summed E-state index contributed by atoms with van der Waals surface area (Å²) in [6, 6.07) is 5.81.